The minimum absolute atomic E-state index is 0.179. The Kier molecular flexibility index (Phi) is 6.13. The predicted molar refractivity (Wildman–Crippen MR) is 102 cm³/mol. The number of anilines is 2. The molecule has 1 aliphatic rings. The lowest BCUT2D eigenvalue weighted by molar-refractivity contribution is -0.118. The van der Waals surface area contributed by atoms with E-state index in [4.69, 9.17) is 27.9 Å². The second-order valence-corrected chi connectivity index (χ2v) is 6.82. The average Bonchev–Trinajstić information content (AvgIpc) is 2.62. The van der Waals surface area contributed by atoms with Crippen LogP contribution in [-0.2, 0) is 4.79 Å². The van der Waals surface area contributed by atoms with Crippen molar-refractivity contribution in [1.82, 2.24) is 14.9 Å². The van der Waals surface area contributed by atoms with Crippen molar-refractivity contribution >= 4 is 40.7 Å². The van der Waals surface area contributed by atoms with Gasteiger partial charge in [-0.25, -0.2) is 9.97 Å². The fourth-order valence-electron chi connectivity index (χ4n) is 2.49. The van der Waals surface area contributed by atoms with Crippen LogP contribution in [0.5, 0.6) is 5.75 Å². The smallest absolute Gasteiger partial charge is 0.262 e. The largest absolute Gasteiger partial charge is 0.482 e. The van der Waals surface area contributed by atoms with Gasteiger partial charge >= 0.3 is 0 Å². The SMILES string of the molecule is CN1CCN(c2ncc(NC(=O)COc3ccc(Cl)cc3Cl)cn2)CC1. The minimum atomic E-state index is -0.327. The van der Waals surface area contributed by atoms with Crippen molar-refractivity contribution in [1.29, 1.82) is 0 Å². The number of aromatic nitrogens is 2. The van der Waals surface area contributed by atoms with Crippen molar-refractivity contribution < 1.29 is 9.53 Å². The maximum Gasteiger partial charge on any atom is 0.262 e. The van der Waals surface area contributed by atoms with Crippen molar-refractivity contribution in [3.05, 3.63) is 40.6 Å². The third-order valence-electron chi connectivity index (χ3n) is 3.96. The summed E-state index contributed by atoms with van der Waals surface area (Å²) < 4.78 is 5.40. The van der Waals surface area contributed by atoms with Crippen LogP contribution >= 0.6 is 23.2 Å². The molecule has 3 rings (SSSR count). The van der Waals surface area contributed by atoms with Crippen molar-refractivity contribution in [2.24, 2.45) is 0 Å². The van der Waals surface area contributed by atoms with Crippen molar-refractivity contribution in [3.8, 4) is 5.75 Å². The Hall–Kier alpha value is -2.09. The van der Waals surface area contributed by atoms with Gasteiger partial charge in [-0.15, -0.1) is 0 Å². The molecule has 0 spiro atoms. The zero-order valence-corrected chi connectivity index (χ0v) is 15.8. The van der Waals surface area contributed by atoms with Crippen LogP contribution < -0.4 is 15.0 Å². The molecule has 2 heterocycles. The fourth-order valence-corrected chi connectivity index (χ4v) is 2.95. The summed E-state index contributed by atoms with van der Waals surface area (Å²) in [6.45, 7) is 3.55. The molecule has 1 N–H and O–H groups in total. The molecule has 0 aliphatic carbocycles. The quantitative estimate of drug-likeness (QED) is 0.838. The third-order valence-corrected chi connectivity index (χ3v) is 4.49. The Morgan fingerprint density at radius 3 is 2.54 bits per heavy atom. The van der Waals surface area contributed by atoms with Crippen LogP contribution in [0, 0.1) is 0 Å². The first-order chi connectivity index (χ1) is 12.5. The standard InChI is InChI=1S/C17H19Cl2N5O2/c1-23-4-6-24(7-5-23)17-20-9-13(10-21-17)22-16(25)11-26-15-3-2-12(18)8-14(15)19/h2-3,8-10H,4-7,11H2,1H3,(H,22,25). The number of hydrogen-bond donors (Lipinski definition) is 1. The molecule has 1 fully saturated rings. The lowest BCUT2D eigenvalue weighted by Crippen LogP contribution is -2.45. The summed E-state index contributed by atoms with van der Waals surface area (Å²) in [6.07, 6.45) is 3.18. The third kappa shape index (κ3) is 4.97. The van der Waals surface area contributed by atoms with E-state index in [9.17, 15) is 4.79 Å². The van der Waals surface area contributed by atoms with Gasteiger partial charge in [0.25, 0.3) is 5.91 Å². The van der Waals surface area contributed by atoms with Crippen LogP contribution in [-0.4, -0.2) is 60.6 Å². The Labute approximate surface area is 161 Å². The zero-order valence-electron chi connectivity index (χ0n) is 14.3. The van der Waals surface area contributed by atoms with Crippen molar-refractivity contribution in [3.63, 3.8) is 0 Å². The summed E-state index contributed by atoms with van der Waals surface area (Å²) in [5.74, 6) is 0.736. The first kappa shape index (κ1) is 18.7. The van der Waals surface area contributed by atoms with Gasteiger partial charge in [-0.2, -0.15) is 0 Å². The number of nitrogens with one attached hydrogen (secondary N) is 1. The van der Waals surface area contributed by atoms with E-state index >= 15 is 0 Å². The fraction of sp³-hybridized carbons (Fsp3) is 0.353. The first-order valence-corrected chi connectivity index (χ1v) is 8.90. The molecule has 1 aromatic heterocycles. The summed E-state index contributed by atoms with van der Waals surface area (Å²) in [5, 5.41) is 3.55. The maximum absolute atomic E-state index is 12.0. The molecule has 9 heteroatoms. The van der Waals surface area contributed by atoms with Crippen LogP contribution in [0.3, 0.4) is 0 Å². The number of halogens is 2. The maximum atomic E-state index is 12.0. The van der Waals surface area contributed by atoms with Crippen LogP contribution in [0.1, 0.15) is 0 Å². The van der Waals surface area contributed by atoms with Crippen molar-refractivity contribution in [2.45, 2.75) is 0 Å². The Balaban J connectivity index is 1.51. The second-order valence-electron chi connectivity index (χ2n) is 5.97. The number of carbonyl (C=O) groups is 1. The number of piperazine rings is 1. The van der Waals surface area contributed by atoms with E-state index in [0.717, 1.165) is 26.2 Å². The lowest BCUT2D eigenvalue weighted by Gasteiger charge is -2.32. The summed E-state index contributed by atoms with van der Waals surface area (Å²) in [4.78, 5) is 25.0. The predicted octanol–water partition coefficient (Wildman–Crippen LogP) is 2.55. The number of nitrogens with zero attached hydrogens (tertiary/aromatic N) is 4. The molecule has 0 radical (unpaired) electrons. The monoisotopic (exact) mass is 395 g/mol. The molecular formula is C17H19Cl2N5O2. The molecular weight excluding hydrogens is 377 g/mol. The Bertz CT molecular complexity index is 764. The highest BCUT2D eigenvalue weighted by Gasteiger charge is 2.16. The molecule has 138 valence electrons. The lowest BCUT2D eigenvalue weighted by atomic mass is 10.3. The van der Waals surface area contributed by atoms with Gasteiger partial charge in [0.15, 0.2) is 6.61 Å². The van der Waals surface area contributed by atoms with Gasteiger partial charge in [0, 0.05) is 31.2 Å². The minimum Gasteiger partial charge on any atom is -0.482 e. The molecule has 0 saturated carbocycles. The van der Waals surface area contributed by atoms with E-state index in [-0.39, 0.29) is 12.5 Å². The van der Waals surface area contributed by atoms with Gasteiger partial charge in [-0.05, 0) is 25.2 Å². The summed E-state index contributed by atoms with van der Waals surface area (Å²) in [7, 11) is 2.09. The Morgan fingerprint density at radius 1 is 1.19 bits per heavy atom. The number of rotatable bonds is 5. The first-order valence-electron chi connectivity index (χ1n) is 8.14. The molecule has 0 unspecified atom stereocenters. The number of carbonyl (C=O) groups excluding carboxylic acids is 1. The van der Waals surface area contributed by atoms with E-state index in [1.165, 1.54) is 0 Å². The highest BCUT2D eigenvalue weighted by Crippen LogP contribution is 2.27. The van der Waals surface area contributed by atoms with E-state index in [0.29, 0.717) is 27.4 Å². The number of benzene rings is 1. The Morgan fingerprint density at radius 2 is 1.88 bits per heavy atom. The molecule has 26 heavy (non-hydrogen) atoms. The number of hydrogen-bond acceptors (Lipinski definition) is 6. The summed E-state index contributed by atoms with van der Waals surface area (Å²) in [5.41, 5.74) is 0.513. The van der Waals surface area contributed by atoms with Crippen LogP contribution in [0.4, 0.5) is 11.6 Å². The normalized spacial score (nSPS) is 15.0. The summed E-state index contributed by atoms with van der Waals surface area (Å²) >= 11 is 11.8. The number of ether oxygens (including phenoxy) is 1. The topological polar surface area (TPSA) is 70.6 Å². The average molecular weight is 396 g/mol. The highest BCUT2D eigenvalue weighted by molar-refractivity contribution is 6.35. The molecule has 1 saturated heterocycles. The molecule has 1 amide bonds. The molecule has 1 aromatic carbocycles. The van der Waals surface area contributed by atoms with Crippen LogP contribution in [0.25, 0.3) is 0 Å². The van der Waals surface area contributed by atoms with E-state index in [1.807, 2.05) is 0 Å². The van der Waals surface area contributed by atoms with Gasteiger partial charge in [0.2, 0.25) is 5.95 Å². The molecule has 7 nitrogen and oxygen atoms in total. The number of amides is 1. The van der Waals surface area contributed by atoms with E-state index in [2.05, 4.69) is 32.1 Å². The number of likely N-dealkylation sites (N-methyl/N-ethyl adjacent to an activating group) is 1. The van der Waals surface area contributed by atoms with E-state index in [1.54, 1.807) is 30.6 Å². The van der Waals surface area contributed by atoms with Gasteiger partial charge in [0.1, 0.15) is 5.75 Å². The van der Waals surface area contributed by atoms with E-state index < -0.39 is 0 Å². The second kappa shape index (κ2) is 8.53. The van der Waals surface area contributed by atoms with Gasteiger partial charge < -0.3 is 19.9 Å². The van der Waals surface area contributed by atoms with Gasteiger partial charge in [0.05, 0.1) is 23.1 Å². The van der Waals surface area contributed by atoms with Crippen LogP contribution in [0.2, 0.25) is 10.0 Å². The highest BCUT2D eigenvalue weighted by atomic mass is 35.5. The van der Waals surface area contributed by atoms with Gasteiger partial charge in [-0.3, -0.25) is 4.79 Å². The molecule has 0 bridgehead atoms. The zero-order chi connectivity index (χ0) is 18.5. The summed E-state index contributed by atoms with van der Waals surface area (Å²) in [6, 6.07) is 4.82. The van der Waals surface area contributed by atoms with Crippen molar-refractivity contribution in [2.75, 3.05) is 50.1 Å². The molecule has 2 aromatic rings. The van der Waals surface area contributed by atoms with Gasteiger partial charge in [-0.1, -0.05) is 23.2 Å². The van der Waals surface area contributed by atoms with Crippen LogP contribution in [0.15, 0.2) is 30.6 Å². The molecule has 1 aliphatic heterocycles. The molecule has 0 atom stereocenters.